The molecule has 0 radical (unpaired) electrons. The number of hydrogen-bond acceptors (Lipinski definition) is 4. The third-order valence-electron chi connectivity index (χ3n) is 7.92. The maximum Gasteiger partial charge on any atom is 0.252 e. The van der Waals surface area contributed by atoms with E-state index in [-0.39, 0.29) is 11.8 Å². The highest BCUT2D eigenvalue weighted by Gasteiger charge is 2.76. The number of ketones is 1. The Morgan fingerprint density at radius 1 is 1.41 bits per heavy atom. The first-order valence-electron chi connectivity index (χ1n) is 10.0. The maximum atomic E-state index is 12.9. The molecule has 5 unspecified atom stereocenters. The van der Waals surface area contributed by atoms with E-state index in [0.717, 1.165) is 41.5 Å². The lowest BCUT2D eigenvalue weighted by Gasteiger charge is -2.64. The summed E-state index contributed by atoms with van der Waals surface area (Å²) < 4.78 is 6.98. The van der Waals surface area contributed by atoms with Crippen LogP contribution < -0.4 is 10.5 Å². The third kappa shape index (κ3) is 1.79. The van der Waals surface area contributed by atoms with Gasteiger partial charge in [-0.3, -0.25) is 9.59 Å². The molecule has 2 heterocycles. The monoisotopic (exact) mass is 371 g/mol. The second-order valence-electron chi connectivity index (χ2n) is 9.10. The van der Waals surface area contributed by atoms with Crippen LogP contribution in [0.4, 0.5) is 0 Å². The smallest absolute Gasteiger partial charge is 0.252 e. The van der Waals surface area contributed by atoms with Crippen molar-refractivity contribution in [2.75, 3.05) is 20.1 Å². The van der Waals surface area contributed by atoms with E-state index in [2.05, 4.69) is 14.0 Å². The molecule has 5 rings (SSSR count). The van der Waals surface area contributed by atoms with Gasteiger partial charge in [0.05, 0.1) is 31.1 Å². The van der Waals surface area contributed by atoms with Crippen LogP contribution in [-0.2, 0) is 16.6 Å². The number of carbonyl (C=O) groups excluding carboxylic acids is 2. The average molecular weight is 371 g/mol. The number of Topliss-reactive ketones (excluding diaryl/α,β-unsaturated/α-hetero) is 1. The Bertz CT molecular complexity index is 883. The number of likely N-dealkylation sites (tertiary alicyclic amines) is 1. The summed E-state index contributed by atoms with van der Waals surface area (Å²) in [5.74, 6) is -0.0726. The summed E-state index contributed by atoms with van der Waals surface area (Å²) in [6.45, 7) is 4.08. The quantitative estimate of drug-likeness (QED) is 0.778. The Morgan fingerprint density at radius 2 is 2.19 bits per heavy atom. The fraction of sp³-hybridized carbons (Fsp3) is 0.619. The molecule has 27 heavy (non-hydrogen) atoms. The van der Waals surface area contributed by atoms with Crippen LogP contribution in [0.3, 0.4) is 0 Å². The molecule has 1 saturated heterocycles. The predicted octanol–water partition coefficient (Wildman–Crippen LogP) is 1.06. The van der Waals surface area contributed by atoms with Crippen LogP contribution in [0.5, 0.6) is 5.75 Å². The van der Waals surface area contributed by atoms with Crippen LogP contribution in [0.15, 0.2) is 12.1 Å². The molecule has 2 bridgehead atoms. The molecule has 3 N–H and O–H groups in total. The van der Waals surface area contributed by atoms with Crippen molar-refractivity contribution >= 4 is 11.7 Å². The van der Waals surface area contributed by atoms with E-state index in [1.807, 2.05) is 6.07 Å². The normalized spacial score (nSPS) is 41.1. The van der Waals surface area contributed by atoms with Gasteiger partial charge in [-0.05, 0) is 24.5 Å². The standard InChI is InChI=1S/C21H26N2O4/c1-3-9-23(2)10-8-20-16-12-4-5-13(19(22)25)17(16)27-18(20)14(24)6-7-21(20,26)15(23)11-12/h4-5,15,18,26H,3,6-11H2,1-2H3,(H-,22,25)/p+1. The molecule has 2 aliphatic carbocycles. The number of aliphatic hydroxyl groups is 1. The van der Waals surface area contributed by atoms with Crippen molar-refractivity contribution in [1.82, 2.24) is 0 Å². The molecule has 1 spiro atoms. The Labute approximate surface area is 158 Å². The highest BCUT2D eigenvalue weighted by Crippen LogP contribution is 2.64. The van der Waals surface area contributed by atoms with Crippen molar-refractivity contribution < 1.29 is 23.9 Å². The molecule has 6 nitrogen and oxygen atoms in total. The van der Waals surface area contributed by atoms with Gasteiger partial charge in [0.15, 0.2) is 11.9 Å². The molecule has 1 amide bonds. The number of primary amides is 1. The van der Waals surface area contributed by atoms with Crippen LogP contribution in [-0.4, -0.2) is 59.2 Å². The molecular formula is C21H27N2O4+. The minimum absolute atomic E-state index is 0.0308. The number of nitrogens with zero attached hydrogens (tertiary/aromatic N) is 1. The number of amides is 1. The van der Waals surface area contributed by atoms with Gasteiger partial charge < -0.3 is 20.1 Å². The highest BCUT2D eigenvalue weighted by molar-refractivity contribution is 5.98. The third-order valence-corrected chi connectivity index (χ3v) is 7.92. The molecule has 5 atom stereocenters. The van der Waals surface area contributed by atoms with Gasteiger partial charge in [0.2, 0.25) is 0 Å². The molecule has 1 aromatic carbocycles. The number of benzene rings is 1. The fourth-order valence-corrected chi connectivity index (χ4v) is 6.82. The summed E-state index contributed by atoms with van der Waals surface area (Å²) in [5.41, 5.74) is 6.15. The number of carbonyl (C=O) groups is 2. The van der Waals surface area contributed by atoms with E-state index < -0.39 is 23.0 Å². The van der Waals surface area contributed by atoms with Crippen molar-refractivity contribution in [3.63, 3.8) is 0 Å². The predicted molar refractivity (Wildman–Crippen MR) is 98.6 cm³/mol. The summed E-state index contributed by atoms with van der Waals surface area (Å²) in [4.78, 5) is 24.9. The highest BCUT2D eigenvalue weighted by atomic mass is 16.5. The van der Waals surface area contributed by atoms with E-state index in [1.54, 1.807) is 6.07 Å². The lowest BCUT2D eigenvalue weighted by Crippen LogP contribution is -2.80. The molecule has 1 aromatic rings. The van der Waals surface area contributed by atoms with Gasteiger partial charge in [0, 0.05) is 24.8 Å². The zero-order chi connectivity index (χ0) is 19.2. The van der Waals surface area contributed by atoms with Gasteiger partial charge in [-0.2, -0.15) is 0 Å². The minimum Gasteiger partial charge on any atom is -0.480 e. The summed E-state index contributed by atoms with van der Waals surface area (Å²) in [6.07, 6.45) is 2.56. The van der Waals surface area contributed by atoms with E-state index in [4.69, 9.17) is 10.5 Å². The lowest BCUT2D eigenvalue weighted by atomic mass is 9.48. The molecule has 0 aromatic heterocycles. The average Bonchev–Trinajstić information content (AvgIpc) is 2.97. The van der Waals surface area contributed by atoms with Gasteiger partial charge >= 0.3 is 0 Å². The van der Waals surface area contributed by atoms with Gasteiger partial charge in [-0.1, -0.05) is 13.0 Å². The van der Waals surface area contributed by atoms with Crippen molar-refractivity contribution in [2.24, 2.45) is 5.73 Å². The summed E-state index contributed by atoms with van der Waals surface area (Å²) in [5, 5.41) is 12.2. The number of hydrogen-bond donors (Lipinski definition) is 2. The van der Waals surface area contributed by atoms with E-state index >= 15 is 0 Å². The maximum absolute atomic E-state index is 12.9. The Balaban J connectivity index is 1.81. The number of nitrogens with two attached hydrogens (primary N) is 1. The zero-order valence-electron chi connectivity index (χ0n) is 16.0. The summed E-state index contributed by atoms with van der Waals surface area (Å²) >= 11 is 0. The van der Waals surface area contributed by atoms with Crippen LogP contribution in [0.25, 0.3) is 0 Å². The molecule has 2 aliphatic heterocycles. The lowest BCUT2D eigenvalue weighted by molar-refractivity contribution is -0.949. The van der Waals surface area contributed by atoms with Gasteiger partial charge in [0.1, 0.15) is 17.4 Å². The van der Waals surface area contributed by atoms with Crippen LogP contribution >= 0.6 is 0 Å². The largest absolute Gasteiger partial charge is 0.480 e. The van der Waals surface area contributed by atoms with Crippen molar-refractivity contribution in [3.8, 4) is 5.75 Å². The van der Waals surface area contributed by atoms with E-state index in [1.165, 1.54) is 0 Å². The first-order valence-corrected chi connectivity index (χ1v) is 10.0. The second kappa shape index (κ2) is 5.11. The van der Waals surface area contributed by atoms with E-state index in [9.17, 15) is 14.7 Å². The number of ether oxygens (including phenoxy) is 1. The van der Waals surface area contributed by atoms with Crippen LogP contribution in [0.1, 0.15) is 54.1 Å². The van der Waals surface area contributed by atoms with Gasteiger partial charge in [-0.15, -0.1) is 0 Å². The Hall–Kier alpha value is -1.92. The molecule has 2 fully saturated rings. The first kappa shape index (κ1) is 17.2. The SMILES string of the molecule is CCC[N+]1(C)CCC23c4c5ccc(C(N)=O)c4OC2C(=O)CCC3(O)C1C5. The topological polar surface area (TPSA) is 89.6 Å². The Kier molecular flexibility index (Phi) is 3.26. The molecule has 1 saturated carbocycles. The first-order chi connectivity index (χ1) is 12.8. The minimum atomic E-state index is -0.998. The van der Waals surface area contributed by atoms with E-state index in [0.29, 0.717) is 30.6 Å². The zero-order valence-corrected chi connectivity index (χ0v) is 16.0. The number of rotatable bonds is 3. The van der Waals surface area contributed by atoms with Crippen molar-refractivity contribution in [1.29, 1.82) is 0 Å². The van der Waals surface area contributed by atoms with Crippen molar-refractivity contribution in [2.45, 2.75) is 62.2 Å². The summed E-state index contributed by atoms with van der Waals surface area (Å²) in [7, 11) is 2.24. The fourth-order valence-electron chi connectivity index (χ4n) is 6.82. The molecule has 4 aliphatic rings. The van der Waals surface area contributed by atoms with Crippen LogP contribution in [0, 0.1) is 0 Å². The van der Waals surface area contributed by atoms with Crippen molar-refractivity contribution in [3.05, 3.63) is 28.8 Å². The summed E-state index contributed by atoms with van der Waals surface area (Å²) in [6, 6.07) is 3.71. The van der Waals surface area contributed by atoms with Crippen LogP contribution in [0.2, 0.25) is 0 Å². The number of quaternary nitrogens is 1. The Morgan fingerprint density at radius 3 is 2.89 bits per heavy atom. The number of piperidine rings is 1. The number of likely N-dealkylation sites (N-methyl/N-ethyl adjacent to an activating group) is 1. The second-order valence-corrected chi connectivity index (χ2v) is 9.10. The molecule has 144 valence electrons. The molecule has 6 heteroatoms. The van der Waals surface area contributed by atoms with Gasteiger partial charge in [0.25, 0.3) is 5.91 Å². The van der Waals surface area contributed by atoms with Gasteiger partial charge in [-0.25, -0.2) is 0 Å². The molecular weight excluding hydrogens is 344 g/mol.